The number of hydrogen-bond acceptors (Lipinski definition) is 6. The fourth-order valence-electron chi connectivity index (χ4n) is 8.93. The second-order valence-corrected chi connectivity index (χ2v) is 23.1. The molecule has 3 unspecified atom stereocenters. The Morgan fingerprint density at radius 3 is 1.22 bits per heavy atom. The Morgan fingerprint density at radius 1 is 0.507 bits per heavy atom. The minimum absolute atomic E-state index is 0.0133. The number of allylic oxidation sites excluding steroid dienone is 6. The van der Waals surface area contributed by atoms with Crippen LogP contribution in [0.5, 0.6) is 0 Å². The lowest BCUT2D eigenvalue weighted by Gasteiger charge is -2.30. The first-order chi connectivity index (χ1) is 33.5. The number of nitrogens with zero attached hydrogens (tertiary/aromatic N) is 1. The fourth-order valence-corrected chi connectivity index (χ4v) is 9.66. The molecule has 0 aromatic carbocycles. The average Bonchev–Trinajstić information content (AvgIpc) is 3.31. The van der Waals surface area contributed by atoms with Gasteiger partial charge >= 0.3 is 0 Å². The van der Waals surface area contributed by atoms with Gasteiger partial charge in [-0.05, 0) is 51.4 Å². The molecule has 0 heterocycles. The van der Waals surface area contributed by atoms with Crippen LogP contribution < -0.4 is 10.2 Å². The van der Waals surface area contributed by atoms with Crippen LogP contribution in [0.3, 0.4) is 0 Å². The monoisotopic (exact) mass is 993 g/mol. The van der Waals surface area contributed by atoms with Crippen molar-refractivity contribution in [2.45, 2.75) is 302 Å². The predicted octanol–water partition coefficient (Wildman–Crippen LogP) is 17.5. The van der Waals surface area contributed by atoms with Gasteiger partial charge in [-0.3, -0.25) is 9.36 Å². The van der Waals surface area contributed by atoms with E-state index < -0.39 is 20.0 Å². The van der Waals surface area contributed by atoms with Crippen LogP contribution in [-0.2, 0) is 18.4 Å². The van der Waals surface area contributed by atoms with Crippen molar-refractivity contribution in [3.05, 3.63) is 36.5 Å². The summed E-state index contributed by atoms with van der Waals surface area (Å²) >= 11 is 0. The maximum Gasteiger partial charge on any atom is 0.268 e. The second-order valence-electron chi connectivity index (χ2n) is 21.7. The summed E-state index contributed by atoms with van der Waals surface area (Å²) in [6.07, 6.45) is 66.1. The number of rotatable bonds is 55. The van der Waals surface area contributed by atoms with Crippen molar-refractivity contribution in [1.82, 2.24) is 5.32 Å². The Balaban J connectivity index is 4.05. The third-order valence-corrected chi connectivity index (χ3v) is 14.6. The van der Waals surface area contributed by atoms with Crippen LogP contribution in [0.1, 0.15) is 290 Å². The second kappa shape index (κ2) is 51.6. The molecule has 0 aromatic heterocycles. The molecule has 3 atom stereocenters. The van der Waals surface area contributed by atoms with Crippen LogP contribution in [0.25, 0.3) is 0 Å². The minimum atomic E-state index is -4.57. The topological polar surface area (TPSA) is 108 Å². The van der Waals surface area contributed by atoms with Crippen molar-refractivity contribution in [2.24, 2.45) is 0 Å². The highest BCUT2D eigenvalue weighted by atomic mass is 31.2. The smallest absolute Gasteiger partial charge is 0.268 e. The molecule has 8 nitrogen and oxygen atoms in total. The summed E-state index contributed by atoms with van der Waals surface area (Å²) in [6.45, 7) is 4.74. The number of aliphatic hydroxyl groups is 1. The van der Waals surface area contributed by atoms with Gasteiger partial charge in [0.2, 0.25) is 5.91 Å². The summed E-state index contributed by atoms with van der Waals surface area (Å²) in [5, 5.41) is 14.0. The van der Waals surface area contributed by atoms with Crippen LogP contribution in [0, 0.1) is 0 Å². The van der Waals surface area contributed by atoms with E-state index in [1.807, 2.05) is 21.1 Å². The molecule has 0 aliphatic carbocycles. The number of nitrogens with one attached hydrogen (secondary N) is 1. The number of phosphoric ester groups is 1. The maximum absolute atomic E-state index is 13.0. The van der Waals surface area contributed by atoms with Crippen LogP contribution >= 0.6 is 7.82 Å². The molecular weight excluding hydrogens is 876 g/mol. The van der Waals surface area contributed by atoms with E-state index >= 15 is 0 Å². The van der Waals surface area contributed by atoms with Crippen LogP contribution in [0.15, 0.2) is 36.5 Å². The number of carbonyl (C=O) groups excluding carboxylic acids is 1. The lowest BCUT2D eigenvalue weighted by Crippen LogP contribution is -2.46. The Kier molecular flexibility index (Phi) is 50.7. The zero-order valence-electron chi connectivity index (χ0n) is 46.5. The zero-order chi connectivity index (χ0) is 50.6. The van der Waals surface area contributed by atoms with E-state index in [0.717, 1.165) is 51.4 Å². The van der Waals surface area contributed by atoms with E-state index in [2.05, 4.69) is 55.6 Å². The molecule has 2 N–H and O–H groups in total. The largest absolute Gasteiger partial charge is 0.756 e. The van der Waals surface area contributed by atoms with E-state index in [1.54, 1.807) is 0 Å². The van der Waals surface area contributed by atoms with Gasteiger partial charge in [0.05, 0.1) is 39.9 Å². The van der Waals surface area contributed by atoms with Gasteiger partial charge in [0.1, 0.15) is 13.2 Å². The van der Waals surface area contributed by atoms with Crippen molar-refractivity contribution < 1.29 is 32.9 Å². The number of quaternary nitrogens is 1. The first kappa shape index (κ1) is 67.7. The molecule has 0 fully saturated rings. The molecule has 0 rings (SSSR count). The first-order valence-electron chi connectivity index (χ1n) is 29.8. The molecule has 0 saturated heterocycles. The Morgan fingerprint density at radius 2 is 0.841 bits per heavy atom. The SMILES string of the molecule is CCCCCCC/C=C\C/C=C\C/C=C\CCCCCCCCCCCCCCCCCCC(=O)NC(COP(=O)([O-])OCC[N+](C)(C)C)C(O)CCCCCCCCCCCCCCCCCC. The molecule has 0 aliphatic rings. The number of likely N-dealkylation sites (N-methyl/N-ethyl adjacent to an activating group) is 1. The average molecular weight is 994 g/mol. The summed E-state index contributed by atoms with van der Waals surface area (Å²) in [5.74, 6) is -0.161. The van der Waals surface area contributed by atoms with Gasteiger partial charge in [-0.2, -0.15) is 0 Å². The third kappa shape index (κ3) is 54.3. The highest BCUT2D eigenvalue weighted by molar-refractivity contribution is 7.45. The summed E-state index contributed by atoms with van der Waals surface area (Å²) in [7, 11) is 1.31. The Bertz CT molecular complexity index is 1220. The van der Waals surface area contributed by atoms with E-state index in [1.165, 1.54) is 212 Å². The van der Waals surface area contributed by atoms with Crippen LogP contribution in [0.4, 0.5) is 0 Å². The normalized spacial score (nSPS) is 14.1. The fraction of sp³-hybridized carbons (Fsp3) is 0.883. The van der Waals surface area contributed by atoms with E-state index in [9.17, 15) is 19.4 Å². The van der Waals surface area contributed by atoms with Crippen molar-refractivity contribution >= 4 is 13.7 Å². The van der Waals surface area contributed by atoms with E-state index in [4.69, 9.17) is 9.05 Å². The summed E-state index contributed by atoms with van der Waals surface area (Å²) in [4.78, 5) is 25.5. The quantitative estimate of drug-likeness (QED) is 0.0272. The summed E-state index contributed by atoms with van der Waals surface area (Å²) in [6, 6.07) is -0.800. The van der Waals surface area contributed by atoms with Gasteiger partial charge in [-0.25, -0.2) is 0 Å². The molecular formula is C60H117N2O6P. The molecule has 408 valence electrons. The molecule has 0 aromatic rings. The van der Waals surface area contributed by atoms with E-state index in [0.29, 0.717) is 23.9 Å². The van der Waals surface area contributed by atoms with Crippen molar-refractivity contribution in [3.63, 3.8) is 0 Å². The number of phosphoric acid groups is 1. The third-order valence-electron chi connectivity index (χ3n) is 13.6. The number of hydrogen-bond donors (Lipinski definition) is 2. The lowest BCUT2D eigenvalue weighted by atomic mass is 10.0. The van der Waals surface area contributed by atoms with Crippen molar-refractivity contribution in [1.29, 1.82) is 0 Å². The predicted molar refractivity (Wildman–Crippen MR) is 298 cm³/mol. The molecule has 0 aliphatic heterocycles. The Labute approximate surface area is 429 Å². The van der Waals surface area contributed by atoms with Gasteiger partial charge in [0.25, 0.3) is 7.82 Å². The molecule has 0 radical (unpaired) electrons. The molecule has 0 bridgehead atoms. The van der Waals surface area contributed by atoms with Crippen LogP contribution in [0.2, 0.25) is 0 Å². The Hall–Kier alpha value is -1.28. The van der Waals surface area contributed by atoms with Gasteiger partial charge in [-0.1, -0.05) is 269 Å². The first-order valence-corrected chi connectivity index (χ1v) is 31.3. The zero-order valence-corrected chi connectivity index (χ0v) is 47.4. The molecule has 0 saturated carbocycles. The van der Waals surface area contributed by atoms with E-state index in [-0.39, 0.29) is 19.1 Å². The van der Waals surface area contributed by atoms with Gasteiger partial charge in [-0.15, -0.1) is 0 Å². The standard InChI is InChI=1S/C60H117N2O6P/c1-6-8-10-12-14-16-18-20-22-24-25-26-27-28-29-30-31-32-33-34-35-36-37-38-40-42-44-46-48-50-52-54-60(64)61-58(57-68-69(65,66)67-56-55-62(3,4)5)59(63)53-51-49-47-45-43-41-39-23-21-19-17-15-13-11-9-7-2/h18,20,24-25,27-28,58-59,63H,6-17,19,21-23,26,29-57H2,1-5H3,(H-,61,64,65,66)/b20-18-,25-24-,28-27-. The lowest BCUT2D eigenvalue weighted by molar-refractivity contribution is -0.870. The number of carbonyl (C=O) groups is 1. The molecule has 1 amide bonds. The minimum Gasteiger partial charge on any atom is -0.756 e. The summed E-state index contributed by atoms with van der Waals surface area (Å²) < 4.78 is 23.4. The van der Waals surface area contributed by atoms with Gasteiger partial charge in [0, 0.05) is 6.42 Å². The summed E-state index contributed by atoms with van der Waals surface area (Å²) in [5.41, 5.74) is 0. The highest BCUT2D eigenvalue weighted by Crippen LogP contribution is 2.38. The maximum atomic E-state index is 13.0. The molecule has 9 heteroatoms. The number of unbranched alkanes of at least 4 members (excludes halogenated alkanes) is 36. The highest BCUT2D eigenvalue weighted by Gasteiger charge is 2.24. The molecule has 0 spiro atoms. The van der Waals surface area contributed by atoms with Gasteiger partial charge in [0.15, 0.2) is 0 Å². The van der Waals surface area contributed by atoms with Crippen molar-refractivity contribution in [2.75, 3.05) is 40.9 Å². The molecule has 69 heavy (non-hydrogen) atoms. The number of amides is 1. The van der Waals surface area contributed by atoms with Gasteiger partial charge < -0.3 is 28.8 Å². The van der Waals surface area contributed by atoms with Crippen molar-refractivity contribution in [3.8, 4) is 0 Å². The van der Waals surface area contributed by atoms with Crippen LogP contribution in [-0.4, -0.2) is 68.5 Å². The number of aliphatic hydroxyl groups excluding tert-OH is 1.